The molecule has 1 aromatic carbocycles. The summed E-state index contributed by atoms with van der Waals surface area (Å²) in [6.07, 6.45) is 0.811. The van der Waals surface area contributed by atoms with Crippen LogP contribution >= 0.6 is 0 Å². The Kier molecular flexibility index (Phi) is 4.24. The van der Waals surface area contributed by atoms with Gasteiger partial charge in [-0.1, -0.05) is 0 Å². The van der Waals surface area contributed by atoms with Crippen LogP contribution in [0.1, 0.15) is 12.8 Å². The van der Waals surface area contributed by atoms with Crippen molar-refractivity contribution in [3.63, 3.8) is 0 Å². The van der Waals surface area contributed by atoms with E-state index in [1.807, 2.05) is 0 Å². The van der Waals surface area contributed by atoms with Gasteiger partial charge in [0.1, 0.15) is 5.78 Å². The number of sulfonamides is 1. The molecular weight excluding hydrogens is 300 g/mol. The number of nitro benzene ring substituents is 1. The summed E-state index contributed by atoms with van der Waals surface area (Å²) < 4.78 is 30.7. The molecule has 0 unspecified atom stereocenters. The first kappa shape index (κ1) is 15.4. The molecule has 0 saturated carbocycles. The van der Waals surface area contributed by atoms with Crippen molar-refractivity contribution in [2.45, 2.75) is 17.7 Å². The van der Waals surface area contributed by atoms with E-state index in [4.69, 9.17) is 4.74 Å². The van der Waals surface area contributed by atoms with Crippen LogP contribution in [0.15, 0.2) is 23.1 Å². The Hall–Kier alpha value is -2.00. The van der Waals surface area contributed by atoms with Crippen molar-refractivity contribution in [3.05, 3.63) is 28.3 Å². The summed E-state index contributed by atoms with van der Waals surface area (Å²) in [6, 6.07) is 3.42. The summed E-state index contributed by atoms with van der Waals surface area (Å²) in [7, 11) is -2.66. The molecule has 1 aromatic rings. The fraction of sp³-hybridized carbons (Fsp3) is 0.417. The van der Waals surface area contributed by atoms with E-state index in [9.17, 15) is 23.3 Å². The van der Waals surface area contributed by atoms with Crippen LogP contribution < -0.4 is 4.74 Å². The maximum absolute atomic E-state index is 12.4. The average molecular weight is 314 g/mol. The third-order valence-electron chi connectivity index (χ3n) is 3.20. The molecular formula is C12H14N2O6S. The highest BCUT2D eigenvalue weighted by atomic mass is 32.2. The Morgan fingerprint density at radius 1 is 1.38 bits per heavy atom. The van der Waals surface area contributed by atoms with Crippen molar-refractivity contribution in [2.75, 3.05) is 20.2 Å². The van der Waals surface area contributed by atoms with E-state index in [0.717, 1.165) is 10.4 Å². The average Bonchev–Trinajstić information content (AvgIpc) is 2.46. The smallest absolute Gasteiger partial charge is 0.312 e. The van der Waals surface area contributed by atoms with Crippen LogP contribution in [-0.2, 0) is 14.8 Å². The van der Waals surface area contributed by atoms with Gasteiger partial charge in [0.05, 0.1) is 23.5 Å². The predicted octanol–water partition coefficient (Wildman–Crippen LogP) is 0.957. The third kappa shape index (κ3) is 3.03. The molecule has 21 heavy (non-hydrogen) atoms. The molecule has 2 rings (SSSR count). The van der Waals surface area contributed by atoms with Crippen LogP contribution in [0.25, 0.3) is 0 Å². The second-order valence-corrected chi connectivity index (χ2v) is 6.51. The molecule has 0 N–H and O–H groups in total. The molecule has 1 aliphatic rings. The number of carbonyl (C=O) groups excluding carboxylic acids is 1. The number of piperidine rings is 1. The van der Waals surface area contributed by atoms with Gasteiger partial charge in [0, 0.05) is 19.0 Å². The topological polar surface area (TPSA) is 107 Å². The molecule has 1 fully saturated rings. The zero-order valence-corrected chi connectivity index (χ0v) is 12.1. The van der Waals surface area contributed by atoms with Crippen molar-refractivity contribution < 1.29 is 22.9 Å². The molecule has 0 bridgehead atoms. The van der Waals surface area contributed by atoms with Gasteiger partial charge in [-0.05, 0) is 18.6 Å². The highest BCUT2D eigenvalue weighted by Gasteiger charge is 2.31. The lowest BCUT2D eigenvalue weighted by Gasteiger charge is -2.25. The number of nitrogens with zero attached hydrogens (tertiary/aromatic N) is 2. The summed E-state index contributed by atoms with van der Waals surface area (Å²) in [5.74, 6) is -0.179. The van der Waals surface area contributed by atoms with Crippen molar-refractivity contribution in [1.29, 1.82) is 0 Å². The molecule has 0 radical (unpaired) electrons. The van der Waals surface area contributed by atoms with Gasteiger partial charge in [-0.15, -0.1) is 0 Å². The van der Waals surface area contributed by atoms with Crippen LogP contribution in [0.5, 0.6) is 5.75 Å². The lowest BCUT2D eigenvalue weighted by atomic mass is 10.1. The van der Waals surface area contributed by atoms with Gasteiger partial charge in [0.15, 0.2) is 5.75 Å². The molecule has 1 aliphatic heterocycles. The zero-order valence-electron chi connectivity index (χ0n) is 11.3. The normalized spacial score (nSPS) is 16.7. The number of Topliss-reactive ketones (excluding diaryl/α,β-unsaturated/α-hetero) is 1. The molecule has 0 aliphatic carbocycles. The molecule has 0 atom stereocenters. The zero-order chi connectivity index (χ0) is 15.6. The highest BCUT2D eigenvalue weighted by molar-refractivity contribution is 7.89. The lowest BCUT2D eigenvalue weighted by molar-refractivity contribution is -0.386. The van der Waals surface area contributed by atoms with Gasteiger partial charge in [-0.3, -0.25) is 14.9 Å². The van der Waals surface area contributed by atoms with Crippen LogP contribution in [0.3, 0.4) is 0 Å². The van der Waals surface area contributed by atoms with Crippen LogP contribution in [0, 0.1) is 10.1 Å². The van der Waals surface area contributed by atoms with Gasteiger partial charge in [0.2, 0.25) is 10.0 Å². The van der Waals surface area contributed by atoms with Crippen molar-refractivity contribution in [3.8, 4) is 5.75 Å². The monoisotopic (exact) mass is 314 g/mol. The molecule has 0 aromatic heterocycles. The van der Waals surface area contributed by atoms with Crippen LogP contribution in [0.4, 0.5) is 5.69 Å². The predicted molar refractivity (Wildman–Crippen MR) is 72.6 cm³/mol. The van der Waals surface area contributed by atoms with E-state index >= 15 is 0 Å². The van der Waals surface area contributed by atoms with Crippen LogP contribution in [0.2, 0.25) is 0 Å². The fourth-order valence-electron chi connectivity index (χ4n) is 2.13. The first-order valence-corrected chi connectivity index (χ1v) is 7.64. The SMILES string of the molecule is COc1ccc(S(=O)(=O)N2CCCC(=O)C2)cc1[N+](=O)[O-]. The molecule has 114 valence electrons. The first-order chi connectivity index (χ1) is 9.86. The minimum Gasteiger partial charge on any atom is -0.490 e. The Morgan fingerprint density at radius 3 is 2.67 bits per heavy atom. The van der Waals surface area contributed by atoms with Crippen LogP contribution in [-0.4, -0.2) is 43.6 Å². The Morgan fingerprint density at radius 2 is 2.10 bits per heavy atom. The number of benzene rings is 1. The summed E-state index contributed by atoms with van der Waals surface area (Å²) in [5, 5.41) is 11.0. The number of carbonyl (C=O) groups is 1. The quantitative estimate of drug-likeness (QED) is 0.605. The molecule has 0 spiro atoms. The largest absolute Gasteiger partial charge is 0.490 e. The number of hydrogen-bond donors (Lipinski definition) is 0. The number of ketones is 1. The standard InChI is InChI=1S/C12H14N2O6S/c1-20-12-5-4-10(7-11(12)14(16)17)21(18,19)13-6-2-3-9(15)8-13/h4-5,7H,2-3,6,8H2,1H3. The Balaban J connectivity index is 2.42. The van der Waals surface area contributed by atoms with Crippen molar-refractivity contribution in [2.24, 2.45) is 0 Å². The second kappa shape index (κ2) is 5.78. The number of rotatable bonds is 4. The lowest BCUT2D eigenvalue weighted by Crippen LogP contribution is -2.40. The van der Waals surface area contributed by atoms with Gasteiger partial charge in [0.25, 0.3) is 0 Å². The van der Waals surface area contributed by atoms with Gasteiger partial charge >= 0.3 is 5.69 Å². The van der Waals surface area contributed by atoms with Crippen molar-refractivity contribution in [1.82, 2.24) is 4.31 Å². The van der Waals surface area contributed by atoms with Gasteiger partial charge < -0.3 is 4.74 Å². The Labute approximate surface area is 121 Å². The molecule has 1 saturated heterocycles. The van der Waals surface area contributed by atoms with E-state index in [-0.39, 0.29) is 29.5 Å². The van der Waals surface area contributed by atoms with Crippen molar-refractivity contribution >= 4 is 21.5 Å². The first-order valence-electron chi connectivity index (χ1n) is 6.20. The maximum Gasteiger partial charge on any atom is 0.312 e. The van der Waals surface area contributed by atoms with E-state index in [2.05, 4.69) is 0 Å². The van der Waals surface area contributed by atoms with E-state index in [1.165, 1.54) is 19.2 Å². The van der Waals surface area contributed by atoms with E-state index in [1.54, 1.807) is 0 Å². The number of methoxy groups -OCH3 is 1. The molecule has 1 heterocycles. The Bertz CT molecular complexity index is 685. The van der Waals surface area contributed by atoms with E-state index < -0.39 is 20.6 Å². The maximum atomic E-state index is 12.4. The number of nitro groups is 1. The van der Waals surface area contributed by atoms with Gasteiger partial charge in [-0.2, -0.15) is 4.31 Å². The second-order valence-electron chi connectivity index (χ2n) is 4.57. The number of hydrogen-bond acceptors (Lipinski definition) is 6. The summed E-state index contributed by atoms with van der Waals surface area (Å²) >= 11 is 0. The summed E-state index contributed by atoms with van der Waals surface area (Å²) in [4.78, 5) is 21.4. The molecule has 9 heteroatoms. The summed E-state index contributed by atoms with van der Waals surface area (Å²) in [6.45, 7) is 0.0378. The minimum absolute atomic E-state index is 0.0197. The third-order valence-corrected chi connectivity index (χ3v) is 5.04. The molecule has 0 amide bonds. The molecule has 8 nitrogen and oxygen atoms in total. The summed E-state index contributed by atoms with van der Waals surface area (Å²) in [5.41, 5.74) is -0.429. The minimum atomic E-state index is -3.92. The fourth-order valence-corrected chi connectivity index (χ4v) is 3.62. The van der Waals surface area contributed by atoms with Gasteiger partial charge in [-0.25, -0.2) is 8.42 Å². The van der Waals surface area contributed by atoms with E-state index in [0.29, 0.717) is 12.8 Å². The number of ether oxygens (including phenoxy) is 1. The highest BCUT2D eigenvalue weighted by Crippen LogP contribution is 2.31.